The van der Waals surface area contributed by atoms with Crippen LogP contribution in [0.2, 0.25) is 0 Å². The van der Waals surface area contributed by atoms with Gasteiger partial charge < -0.3 is 15.2 Å². The molecule has 0 spiro atoms. The van der Waals surface area contributed by atoms with Gasteiger partial charge in [-0.1, -0.05) is 19.1 Å². The van der Waals surface area contributed by atoms with Crippen LogP contribution in [0.1, 0.15) is 18.9 Å². The predicted molar refractivity (Wildman–Crippen MR) is 85.9 cm³/mol. The Morgan fingerprint density at radius 3 is 2.59 bits per heavy atom. The molecule has 1 amide bonds. The number of benzene rings is 1. The third-order valence-electron chi connectivity index (χ3n) is 4.08. The van der Waals surface area contributed by atoms with Crippen molar-refractivity contribution in [2.24, 2.45) is 11.7 Å². The van der Waals surface area contributed by atoms with Crippen molar-refractivity contribution in [2.75, 3.05) is 39.5 Å². The molecule has 1 aliphatic heterocycles. The van der Waals surface area contributed by atoms with E-state index in [0.29, 0.717) is 13.0 Å². The Morgan fingerprint density at radius 1 is 1.32 bits per heavy atom. The molecule has 1 fully saturated rings. The third kappa shape index (κ3) is 5.31. The van der Waals surface area contributed by atoms with E-state index in [1.165, 1.54) is 0 Å². The second-order valence-electron chi connectivity index (χ2n) is 5.66. The first-order valence-corrected chi connectivity index (χ1v) is 8.00. The standard InChI is InChI=1S/C17H26N2O3/c1-2-15(17(18)20)13-14-3-5-16(6-4-14)22-12-9-19-7-10-21-11-8-19/h3-6,15H,2,7-13H2,1H3,(H2,18,20). The SMILES string of the molecule is CCC(Cc1ccc(OCCN2CCOCC2)cc1)C(N)=O. The molecule has 5 heteroatoms. The molecule has 2 rings (SSSR count). The van der Waals surface area contributed by atoms with E-state index in [0.717, 1.165) is 50.6 Å². The molecule has 0 radical (unpaired) electrons. The van der Waals surface area contributed by atoms with E-state index in [-0.39, 0.29) is 11.8 Å². The van der Waals surface area contributed by atoms with Gasteiger partial charge in [0.15, 0.2) is 0 Å². The zero-order valence-electron chi connectivity index (χ0n) is 13.3. The maximum Gasteiger partial charge on any atom is 0.220 e. The fraction of sp³-hybridized carbons (Fsp3) is 0.588. The predicted octanol–water partition coefficient (Wildman–Crippen LogP) is 1.45. The van der Waals surface area contributed by atoms with Crippen molar-refractivity contribution in [3.63, 3.8) is 0 Å². The highest BCUT2D eigenvalue weighted by atomic mass is 16.5. The summed E-state index contributed by atoms with van der Waals surface area (Å²) < 4.78 is 11.1. The lowest BCUT2D eigenvalue weighted by molar-refractivity contribution is -0.121. The number of amides is 1. The van der Waals surface area contributed by atoms with Crippen LogP contribution in [0, 0.1) is 5.92 Å². The first kappa shape index (κ1) is 16.8. The first-order valence-electron chi connectivity index (χ1n) is 8.00. The van der Waals surface area contributed by atoms with Crippen molar-refractivity contribution in [1.29, 1.82) is 0 Å². The molecule has 5 nitrogen and oxygen atoms in total. The number of hydrogen-bond donors (Lipinski definition) is 1. The number of carbonyl (C=O) groups is 1. The summed E-state index contributed by atoms with van der Waals surface area (Å²) >= 11 is 0. The molecule has 1 unspecified atom stereocenters. The minimum Gasteiger partial charge on any atom is -0.492 e. The molecule has 0 saturated carbocycles. The molecule has 0 bridgehead atoms. The highest BCUT2D eigenvalue weighted by Crippen LogP contribution is 2.16. The van der Waals surface area contributed by atoms with Crippen molar-refractivity contribution in [1.82, 2.24) is 4.90 Å². The average Bonchev–Trinajstić information content (AvgIpc) is 2.54. The van der Waals surface area contributed by atoms with Crippen LogP contribution < -0.4 is 10.5 Å². The van der Waals surface area contributed by atoms with E-state index in [1.807, 2.05) is 31.2 Å². The average molecular weight is 306 g/mol. The van der Waals surface area contributed by atoms with Crippen LogP contribution in [-0.2, 0) is 16.0 Å². The third-order valence-corrected chi connectivity index (χ3v) is 4.08. The molecule has 1 heterocycles. The summed E-state index contributed by atoms with van der Waals surface area (Å²) in [5, 5.41) is 0. The molecule has 22 heavy (non-hydrogen) atoms. The lowest BCUT2D eigenvalue weighted by Gasteiger charge is -2.26. The Balaban J connectivity index is 1.75. The zero-order chi connectivity index (χ0) is 15.8. The zero-order valence-corrected chi connectivity index (χ0v) is 13.3. The molecule has 0 aliphatic carbocycles. The van der Waals surface area contributed by atoms with Gasteiger partial charge in [-0.25, -0.2) is 0 Å². The smallest absolute Gasteiger partial charge is 0.220 e. The van der Waals surface area contributed by atoms with Crippen LogP contribution >= 0.6 is 0 Å². The molecular formula is C17H26N2O3. The van der Waals surface area contributed by atoms with Gasteiger partial charge in [0.25, 0.3) is 0 Å². The number of hydrogen-bond acceptors (Lipinski definition) is 4. The Kier molecular flexibility index (Phi) is 6.68. The van der Waals surface area contributed by atoms with Crippen LogP contribution in [0.15, 0.2) is 24.3 Å². The molecule has 1 aromatic carbocycles. The molecule has 2 N–H and O–H groups in total. The summed E-state index contributed by atoms with van der Waals surface area (Å²) in [4.78, 5) is 13.6. The second kappa shape index (κ2) is 8.76. The number of rotatable bonds is 8. The number of nitrogens with two attached hydrogens (primary N) is 1. The highest BCUT2D eigenvalue weighted by Gasteiger charge is 2.13. The van der Waals surface area contributed by atoms with Gasteiger partial charge in [0, 0.05) is 25.6 Å². The van der Waals surface area contributed by atoms with Crippen molar-refractivity contribution in [2.45, 2.75) is 19.8 Å². The summed E-state index contributed by atoms with van der Waals surface area (Å²) in [5.41, 5.74) is 6.50. The minimum atomic E-state index is -0.228. The van der Waals surface area contributed by atoms with Gasteiger partial charge in [-0.15, -0.1) is 0 Å². The van der Waals surface area contributed by atoms with E-state index in [2.05, 4.69) is 4.90 Å². The van der Waals surface area contributed by atoms with Crippen molar-refractivity contribution in [3.05, 3.63) is 29.8 Å². The highest BCUT2D eigenvalue weighted by molar-refractivity contribution is 5.76. The van der Waals surface area contributed by atoms with E-state index in [4.69, 9.17) is 15.2 Å². The van der Waals surface area contributed by atoms with Crippen LogP contribution in [0.3, 0.4) is 0 Å². The van der Waals surface area contributed by atoms with Gasteiger partial charge in [-0.3, -0.25) is 9.69 Å². The summed E-state index contributed by atoms with van der Waals surface area (Å²) in [7, 11) is 0. The second-order valence-corrected chi connectivity index (χ2v) is 5.66. The van der Waals surface area contributed by atoms with Gasteiger partial charge in [-0.05, 0) is 30.5 Å². The van der Waals surface area contributed by atoms with Gasteiger partial charge >= 0.3 is 0 Å². The number of morpholine rings is 1. The minimum absolute atomic E-state index is 0.0897. The largest absolute Gasteiger partial charge is 0.492 e. The molecule has 1 saturated heterocycles. The monoisotopic (exact) mass is 306 g/mol. The summed E-state index contributed by atoms with van der Waals surface area (Å²) in [6.45, 7) is 7.17. The molecule has 1 atom stereocenters. The van der Waals surface area contributed by atoms with E-state index in [1.54, 1.807) is 0 Å². The molecule has 122 valence electrons. The molecule has 0 aromatic heterocycles. The van der Waals surface area contributed by atoms with Gasteiger partial charge in [0.05, 0.1) is 13.2 Å². The van der Waals surface area contributed by atoms with Crippen molar-refractivity contribution < 1.29 is 14.3 Å². The topological polar surface area (TPSA) is 64.8 Å². The quantitative estimate of drug-likeness (QED) is 0.789. The maximum atomic E-state index is 11.3. The Labute approximate surface area is 132 Å². The van der Waals surface area contributed by atoms with E-state index < -0.39 is 0 Å². The van der Waals surface area contributed by atoms with Crippen LogP contribution in [0.4, 0.5) is 0 Å². The fourth-order valence-corrected chi connectivity index (χ4v) is 2.57. The van der Waals surface area contributed by atoms with E-state index in [9.17, 15) is 4.79 Å². The van der Waals surface area contributed by atoms with Crippen molar-refractivity contribution in [3.8, 4) is 5.75 Å². The first-order chi connectivity index (χ1) is 10.7. The van der Waals surface area contributed by atoms with Gasteiger partial charge in [0.2, 0.25) is 5.91 Å². The lowest BCUT2D eigenvalue weighted by atomic mass is 9.96. The Hall–Kier alpha value is -1.59. The fourth-order valence-electron chi connectivity index (χ4n) is 2.57. The molecule has 1 aliphatic rings. The molecular weight excluding hydrogens is 280 g/mol. The van der Waals surface area contributed by atoms with E-state index >= 15 is 0 Å². The van der Waals surface area contributed by atoms with Crippen LogP contribution in [0.5, 0.6) is 5.75 Å². The maximum absolute atomic E-state index is 11.3. The van der Waals surface area contributed by atoms with Crippen LogP contribution in [0.25, 0.3) is 0 Å². The van der Waals surface area contributed by atoms with Crippen LogP contribution in [-0.4, -0.2) is 50.3 Å². The Bertz CT molecular complexity index is 455. The summed E-state index contributed by atoms with van der Waals surface area (Å²) in [5.74, 6) is 0.547. The van der Waals surface area contributed by atoms with Crippen molar-refractivity contribution >= 4 is 5.91 Å². The van der Waals surface area contributed by atoms with Gasteiger partial charge in [0.1, 0.15) is 12.4 Å². The number of primary amides is 1. The number of carbonyl (C=O) groups excluding carboxylic acids is 1. The number of ether oxygens (including phenoxy) is 2. The normalized spacial score (nSPS) is 17.1. The summed E-state index contributed by atoms with van der Waals surface area (Å²) in [6.07, 6.45) is 1.47. The lowest BCUT2D eigenvalue weighted by Crippen LogP contribution is -2.38. The summed E-state index contributed by atoms with van der Waals surface area (Å²) in [6, 6.07) is 7.94. The van der Waals surface area contributed by atoms with Gasteiger partial charge in [-0.2, -0.15) is 0 Å². The number of nitrogens with zero attached hydrogens (tertiary/aromatic N) is 1. The Morgan fingerprint density at radius 2 is 2.00 bits per heavy atom. The molecule has 1 aromatic rings.